The molecule has 2 rings (SSSR count). The smallest absolute Gasteiger partial charge is 0.272 e. The first kappa shape index (κ1) is 14.3. The molecule has 0 atom stereocenters. The van der Waals surface area contributed by atoms with E-state index in [0.29, 0.717) is 10.9 Å². The third-order valence-corrected chi connectivity index (χ3v) is 4.13. The molecule has 0 aromatic carbocycles. The molecule has 2 heterocycles. The Morgan fingerprint density at radius 3 is 2.74 bits per heavy atom. The van der Waals surface area contributed by atoms with Crippen molar-refractivity contribution in [3.63, 3.8) is 0 Å². The monoisotopic (exact) mass is 279 g/mol. The highest BCUT2D eigenvalue weighted by Gasteiger charge is 2.22. The molecule has 0 saturated carbocycles. The summed E-state index contributed by atoms with van der Waals surface area (Å²) in [7, 11) is 0. The Morgan fingerprint density at radius 2 is 2.11 bits per heavy atom. The number of aryl methyl sites for hydroxylation is 1. The highest BCUT2D eigenvalue weighted by atomic mass is 32.2. The second-order valence-electron chi connectivity index (χ2n) is 5.08. The van der Waals surface area contributed by atoms with Gasteiger partial charge in [0.25, 0.3) is 5.91 Å². The van der Waals surface area contributed by atoms with Gasteiger partial charge in [0.2, 0.25) is 0 Å². The van der Waals surface area contributed by atoms with E-state index in [4.69, 9.17) is 0 Å². The summed E-state index contributed by atoms with van der Waals surface area (Å²) in [6, 6.07) is 1.79. The lowest BCUT2D eigenvalue weighted by Crippen LogP contribution is -2.38. The summed E-state index contributed by atoms with van der Waals surface area (Å²) in [4.78, 5) is 23.1. The van der Waals surface area contributed by atoms with Crippen molar-refractivity contribution in [3.8, 4) is 0 Å². The van der Waals surface area contributed by atoms with Crippen molar-refractivity contribution < 1.29 is 4.79 Å². The van der Waals surface area contributed by atoms with E-state index in [0.717, 1.165) is 43.3 Å². The number of rotatable bonds is 3. The van der Waals surface area contributed by atoms with Crippen LogP contribution < -0.4 is 0 Å². The summed E-state index contributed by atoms with van der Waals surface area (Å²) in [5, 5.41) is 0.705. The molecule has 4 nitrogen and oxygen atoms in total. The lowest BCUT2D eigenvalue weighted by molar-refractivity contribution is 0.0690. The molecule has 1 fully saturated rings. The molecule has 0 bridgehead atoms. The molecule has 1 saturated heterocycles. The molecular formula is C14H21N3OS. The Morgan fingerprint density at radius 1 is 1.42 bits per heavy atom. The molecule has 1 aliphatic rings. The van der Waals surface area contributed by atoms with Crippen LogP contribution in [0.3, 0.4) is 0 Å². The molecule has 19 heavy (non-hydrogen) atoms. The van der Waals surface area contributed by atoms with E-state index in [9.17, 15) is 4.79 Å². The maximum atomic E-state index is 12.4. The van der Waals surface area contributed by atoms with Crippen molar-refractivity contribution >= 4 is 17.7 Å². The third-order valence-electron chi connectivity index (χ3n) is 3.40. The van der Waals surface area contributed by atoms with Crippen LogP contribution in [-0.4, -0.2) is 39.6 Å². The van der Waals surface area contributed by atoms with Crippen molar-refractivity contribution in [2.24, 2.45) is 5.92 Å². The molecule has 0 spiro atoms. The minimum atomic E-state index is 0.0513. The zero-order valence-electron chi connectivity index (χ0n) is 11.8. The fourth-order valence-corrected chi connectivity index (χ4v) is 2.85. The van der Waals surface area contributed by atoms with Crippen LogP contribution in [0, 0.1) is 12.8 Å². The predicted octanol–water partition coefficient (Wildman–Crippen LogP) is 2.77. The van der Waals surface area contributed by atoms with Crippen LogP contribution in [0.5, 0.6) is 0 Å². The summed E-state index contributed by atoms with van der Waals surface area (Å²) in [6.45, 7) is 7.91. The number of carbonyl (C=O) groups is 1. The Balaban J connectivity index is 2.14. The van der Waals surface area contributed by atoms with Gasteiger partial charge in [-0.15, -0.1) is 0 Å². The zero-order chi connectivity index (χ0) is 13.8. The molecule has 0 radical (unpaired) electrons. The van der Waals surface area contributed by atoms with Gasteiger partial charge < -0.3 is 4.90 Å². The van der Waals surface area contributed by atoms with E-state index in [2.05, 4.69) is 23.8 Å². The highest BCUT2D eigenvalue weighted by molar-refractivity contribution is 7.99. The molecule has 1 amide bonds. The van der Waals surface area contributed by atoms with Crippen LogP contribution >= 0.6 is 11.8 Å². The molecule has 1 aromatic heterocycles. The Kier molecular flexibility index (Phi) is 4.80. The molecular weight excluding hydrogens is 258 g/mol. The number of piperidine rings is 1. The Hall–Kier alpha value is -1.10. The zero-order valence-corrected chi connectivity index (χ0v) is 12.7. The van der Waals surface area contributed by atoms with Crippen molar-refractivity contribution in [1.82, 2.24) is 14.9 Å². The van der Waals surface area contributed by atoms with Crippen molar-refractivity contribution in [2.75, 3.05) is 18.8 Å². The van der Waals surface area contributed by atoms with Crippen LogP contribution in [0.4, 0.5) is 0 Å². The van der Waals surface area contributed by atoms with E-state index in [1.54, 1.807) is 17.8 Å². The number of thioether (sulfide) groups is 1. The molecule has 0 unspecified atom stereocenters. The van der Waals surface area contributed by atoms with Gasteiger partial charge in [-0.1, -0.05) is 25.6 Å². The average Bonchev–Trinajstić information content (AvgIpc) is 2.38. The van der Waals surface area contributed by atoms with Gasteiger partial charge in [0.15, 0.2) is 5.16 Å². The summed E-state index contributed by atoms with van der Waals surface area (Å²) in [6.07, 6.45) is 2.18. The minimum Gasteiger partial charge on any atom is -0.337 e. The number of aromatic nitrogens is 2. The third kappa shape index (κ3) is 3.69. The maximum absolute atomic E-state index is 12.4. The fraction of sp³-hybridized carbons (Fsp3) is 0.643. The summed E-state index contributed by atoms with van der Waals surface area (Å²) < 4.78 is 0. The lowest BCUT2D eigenvalue weighted by atomic mass is 9.99. The van der Waals surface area contributed by atoms with E-state index >= 15 is 0 Å². The fourth-order valence-electron chi connectivity index (χ4n) is 2.22. The van der Waals surface area contributed by atoms with E-state index in [1.165, 1.54) is 0 Å². The van der Waals surface area contributed by atoms with E-state index in [-0.39, 0.29) is 5.91 Å². The number of amides is 1. The Labute approximate surface area is 119 Å². The van der Waals surface area contributed by atoms with Gasteiger partial charge >= 0.3 is 0 Å². The normalized spacial score (nSPS) is 16.7. The van der Waals surface area contributed by atoms with Crippen LogP contribution in [0.2, 0.25) is 0 Å². The van der Waals surface area contributed by atoms with Crippen molar-refractivity contribution in [1.29, 1.82) is 0 Å². The number of hydrogen-bond donors (Lipinski definition) is 0. The predicted molar refractivity (Wildman–Crippen MR) is 77.5 cm³/mol. The number of likely N-dealkylation sites (tertiary alicyclic amines) is 1. The molecule has 0 aliphatic carbocycles. The van der Waals surface area contributed by atoms with Crippen molar-refractivity contribution in [3.05, 3.63) is 17.5 Å². The van der Waals surface area contributed by atoms with Gasteiger partial charge in [0, 0.05) is 18.8 Å². The molecule has 5 heteroatoms. The number of carbonyl (C=O) groups excluding carboxylic acids is 1. The van der Waals surface area contributed by atoms with E-state index < -0.39 is 0 Å². The van der Waals surface area contributed by atoms with Gasteiger partial charge in [-0.3, -0.25) is 4.79 Å². The quantitative estimate of drug-likeness (QED) is 0.630. The first-order valence-corrected chi connectivity index (χ1v) is 7.86. The summed E-state index contributed by atoms with van der Waals surface area (Å²) in [5.41, 5.74) is 1.40. The largest absolute Gasteiger partial charge is 0.337 e. The minimum absolute atomic E-state index is 0.0513. The van der Waals surface area contributed by atoms with Gasteiger partial charge in [-0.25, -0.2) is 9.97 Å². The lowest BCUT2D eigenvalue weighted by Gasteiger charge is -2.30. The molecule has 104 valence electrons. The first-order valence-electron chi connectivity index (χ1n) is 6.88. The van der Waals surface area contributed by atoms with Gasteiger partial charge in [0.1, 0.15) is 5.69 Å². The molecule has 1 aliphatic heterocycles. The molecule has 1 aromatic rings. The van der Waals surface area contributed by atoms with E-state index in [1.807, 2.05) is 11.8 Å². The number of hydrogen-bond acceptors (Lipinski definition) is 4. The van der Waals surface area contributed by atoms with Gasteiger partial charge in [-0.05, 0) is 37.5 Å². The van der Waals surface area contributed by atoms with Crippen molar-refractivity contribution in [2.45, 2.75) is 38.8 Å². The van der Waals surface area contributed by atoms with Crippen LogP contribution in [-0.2, 0) is 0 Å². The summed E-state index contributed by atoms with van der Waals surface area (Å²) in [5.74, 6) is 1.69. The number of nitrogens with zero attached hydrogens (tertiary/aromatic N) is 3. The standard InChI is InChI=1S/C14H21N3OS/c1-4-19-14-15-11(3)9-12(16-14)13(18)17-7-5-10(2)6-8-17/h9-10H,4-8H2,1-3H3. The second-order valence-corrected chi connectivity index (χ2v) is 6.32. The van der Waals surface area contributed by atoms with Gasteiger partial charge in [-0.2, -0.15) is 0 Å². The highest BCUT2D eigenvalue weighted by Crippen LogP contribution is 2.19. The maximum Gasteiger partial charge on any atom is 0.272 e. The van der Waals surface area contributed by atoms with Crippen LogP contribution in [0.15, 0.2) is 11.2 Å². The topological polar surface area (TPSA) is 46.1 Å². The molecule has 0 N–H and O–H groups in total. The second kappa shape index (κ2) is 6.37. The average molecular weight is 279 g/mol. The first-order chi connectivity index (χ1) is 9.10. The van der Waals surface area contributed by atoms with Crippen LogP contribution in [0.25, 0.3) is 0 Å². The Bertz CT molecular complexity index is 456. The summed E-state index contributed by atoms with van der Waals surface area (Å²) >= 11 is 1.58. The SMILES string of the molecule is CCSc1nc(C)cc(C(=O)N2CCC(C)CC2)n1. The van der Waals surface area contributed by atoms with Gasteiger partial charge in [0.05, 0.1) is 0 Å². The van der Waals surface area contributed by atoms with Crippen LogP contribution in [0.1, 0.15) is 42.9 Å².